The van der Waals surface area contributed by atoms with E-state index in [-0.39, 0.29) is 0 Å². The molecule has 2 heteroatoms. The molecule has 114 valence electrons. The van der Waals surface area contributed by atoms with E-state index >= 15 is 0 Å². The highest BCUT2D eigenvalue weighted by atomic mass is 16.1. The summed E-state index contributed by atoms with van der Waals surface area (Å²) in [7, 11) is 0. The van der Waals surface area contributed by atoms with Crippen LogP contribution in [0.5, 0.6) is 0 Å². The van der Waals surface area contributed by atoms with E-state index < -0.39 is 0 Å². The number of carbonyl (C=O) groups is 1. The summed E-state index contributed by atoms with van der Waals surface area (Å²) in [5, 5.41) is 0. The molecule has 0 N–H and O–H groups in total. The van der Waals surface area contributed by atoms with E-state index in [1.165, 1.54) is 11.1 Å². The number of carbonyl (C=O) groups excluding carboxylic acids is 1. The van der Waals surface area contributed by atoms with Crippen molar-refractivity contribution in [2.24, 2.45) is 0 Å². The van der Waals surface area contributed by atoms with Gasteiger partial charge in [-0.1, -0.05) is 47.5 Å². The first-order valence-electron chi connectivity index (χ1n) is 7.67. The van der Waals surface area contributed by atoms with Crippen LogP contribution < -0.4 is 4.90 Å². The molecule has 0 amide bonds. The summed E-state index contributed by atoms with van der Waals surface area (Å²) in [6.07, 6.45) is 0.907. The van der Waals surface area contributed by atoms with Gasteiger partial charge < -0.3 is 4.90 Å². The average molecular weight is 301 g/mol. The number of rotatable bonds is 4. The number of anilines is 3. The summed E-state index contributed by atoms with van der Waals surface area (Å²) >= 11 is 0. The van der Waals surface area contributed by atoms with E-state index in [0.717, 1.165) is 23.3 Å². The lowest BCUT2D eigenvalue weighted by Gasteiger charge is -2.26. The quantitative estimate of drug-likeness (QED) is 0.586. The van der Waals surface area contributed by atoms with Crippen molar-refractivity contribution in [3.05, 3.63) is 89.5 Å². The molecule has 2 nitrogen and oxygen atoms in total. The number of hydrogen-bond donors (Lipinski definition) is 0. The topological polar surface area (TPSA) is 20.3 Å². The van der Waals surface area contributed by atoms with Gasteiger partial charge in [-0.2, -0.15) is 0 Å². The zero-order valence-corrected chi connectivity index (χ0v) is 13.4. The van der Waals surface area contributed by atoms with Gasteiger partial charge in [-0.25, -0.2) is 0 Å². The van der Waals surface area contributed by atoms with Crippen molar-refractivity contribution in [2.45, 2.75) is 13.8 Å². The number of aldehydes is 1. The zero-order valence-electron chi connectivity index (χ0n) is 13.4. The van der Waals surface area contributed by atoms with Crippen LogP contribution in [0.1, 0.15) is 21.5 Å². The molecule has 0 bridgehead atoms. The average Bonchev–Trinajstić information content (AvgIpc) is 2.59. The molecule has 23 heavy (non-hydrogen) atoms. The van der Waals surface area contributed by atoms with Gasteiger partial charge in [0, 0.05) is 16.9 Å². The Balaban J connectivity index is 2.19. The summed E-state index contributed by atoms with van der Waals surface area (Å²) in [5.74, 6) is 0. The first-order chi connectivity index (χ1) is 11.2. The van der Waals surface area contributed by atoms with Crippen LogP contribution in [0.25, 0.3) is 0 Å². The van der Waals surface area contributed by atoms with Crippen molar-refractivity contribution in [3.63, 3.8) is 0 Å². The van der Waals surface area contributed by atoms with E-state index in [1.54, 1.807) is 0 Å². The third-order valence-corrected chi connectivity index (χ3v) is 3.89. The summed E-state index contributed by atoms with van der Waals surface area (Å²) in [6.45, 7) is 4.14. The zero-order chi connectivity index (χ0) is 16.2. The van der Waals surface area contributed by atoms with Gasteiger partial charge in [-0.3, -0.25) is 4.79 Å². The Morgan fingerprint density at radius 1 is 0.696 bits per heavy atom. The lowest BCUT2D eigenvalue weighted by Crippen LogP contribution is -2.12. The molecule has 0 spiro atoms. The lowest BCUT2D eigenvalue weighted by molar-refractivity contribution is 0.112. The fourth-order valence-corrected chi connectivity index (χ4v) is 2.61. The van der Waals surface area contributed by atoms with Gasteiger partial charge in [0.2, 0.25) is 0 Å². The summed E-state index contributed by atoms with van der Waals surface area (Å²) in [4.78, 5) is 13.6. The fourth-order valence-electron chi connectivity index (χ4n) is 2.61. The van der Waals surface area contributed by atoms with Gasteiger partial charge >= 0.3 is 0 Å². The molecule has 0 fully saturated rings. The Kier molecular flexibility index (Phi) is 4.24. The fraction of sp³-hybridized carbons (Fsp3) is 0.0952. The molecule has 0 aromatic heterocycles. The Morgan fingerprint density at radius 3 is 1.65 bits per heavy atom. The highest BCUT2D eigenvalue weighted by molar-refractivity contribution is 5.90. The minimum absolute atomic E-state index is 0.675. The van der Waals surface area contributed by atoms with Gasteiger partial charge in [0.1, 0.15) is 0 Å². The monoisotopic (exact) mass is 301 g/mol. The van der Waals surface area contributed by atoms with Crippen molar-refractivity contribution in [1.82, 2.24) is 0 Å². The molecule has 0 aliphatic rings. The second-order valence-electron chi connectivity index (χ2n) is 5.68. The van der Waals surface area contributed by atoms with Gasteiger partial charge in [0.25, 0.3) is 0 Å². The van der Waals surface area contributed by atoms with Gasteiger partial charge in [0.05, 0.1) is 5.69 Å². The smallest absolute Gasteiger partial charge is 0.152 e. The lowest BCUT2D eigenvalue weighted by atomic mass is 10.1. The second kappa shape index (κ2) is 6.49. The summed E-state index contributed by atoms with van der Waals surface area (Å²) in [5.41, 5.74) is 6.05. The predicted octanol–water partition coefficient (Wildman–Crippen LogP) is 5.59. The Labute approximate surface area is 137 Å². The van der Waals surface area contributed by atoms with Crippen molar-refractivity contribution >= 4 is 23.3 Å². The molecule has 0 aliphatic carbocycles. The highest BCUT2D eigenvalue weighted by Gasteiger charge is 2.15. The van der Waals surface area contributed by atoms with Crippen molar-refractivity contribution in [3.8, 4) is 0 Å². The maximum absolute atomic E-state index is 11.5. The van der Waals surface area contributed by atoms with Gasteiger partial charge in [0.15, 0.2) is 6.29 Å². The number of hydrogen-bond acceptors (Lipinski definition) is 2. The minimum Gasteiger partial charge on any atom is -0.310 e. The summed E-state index contributed by atoms with van der Waals surface area (Å²) in [6, 6.07) is 24.3. The molecule has 3 rings (SSSR count). The first kappa shape index (κ1) is 15.0. The van der Waals surface area contributed by atoms with E-state index in [2.05, 4.69) is 67.3 Å². The van der Waals surface area contributed by atoms with Crippen LogP contribution in [0, 0.1) is 13.8 Å². The third-order valence-electron chi connectivity index (χ3n) is 3.89. The Hall–Kier alpha value is -2.87. The largest absolute Gasteiger partial charge is 0.310 e. The summed E-state index contributed by atoms with van der Waals surface area (Å²) < 4.78 is 0. The molecular formula is C21H19NO. The minimum atomic E-state index is 0.675. The van der Waals surface area contributed by atoms with Crippen molar-refractivity contribution < 1.29 is 4.79 Å². The second-order valence-corrected chi connectivity index (χ2v) is 5.68. The van der Waals surface area contributed by atoms with Gasteiger partial charge in [-0.05, 0) is 50.2 Å². The van der Waals surface area contributed by atoms with Gasteiger partial charge in [-0.15, -0.1) is 0 Å². The van der Waals surface area contributed by atoms with Crippen LogP contribution in [-0.4, -0.2) is 6.29 Å². The highest BCUT2D eigenvalue weighted by Crippen LogP contribution is 2.36. The molecular weight excluding hydrogens is 282 g/mol. The molecule has 0 unspecified atom stereocenters. The van der Waals surface area contributed by atoms with Crippen LogP contribution in [-0.2, 0) is 0 Å². The number of nitrogens with zero attached hydrogens (tertiary/aromatic N) is 1. The van der Waals surface area contributed by atoms with Crippen LogP contribution in [0.3, 0.4) is 0 Å². The Morgan fingerprint density at radius 2 is 1.17 bits per heavy atom. The Bertz CT molecular complexity index is 759. The number of para-hydroxylation sites is 1. The third kappa shape index (κ3) is 3.16. The molecule has 0 aliphatic heterocycles. The van der Waals surface area contributed by atoms with Crippen LogP contribution >= 0.6 is 0 Å². The maximum atomic E-state index is 11.5. The molecule has 0 radical (unpaired) electrons. The normalized spacial score (nSPS) is 10.3. The van der Waals surface area contributed by atoms with E-state index in [0.29, 0.717) is 5.56 Å². The molecule has 0 saturated heterocycles. The molecule has 3 aromatic rings. The maximum Gasteiger partial charge on any atom is 0.152 e. The molecule has 0 heterocycles. The van der Waals surface area contributed by atoms with Crippen molar-refractivity contribution in [1.29, 1.82) is 0 Å². The number of aryl methyl sites for hydroxylation is 2. The number of benzene rings is 3. The first-order valence-corrected chi connectivity index (χ1v) is 7.67. The predicted molar refractivity (Wildman–Crippen MR) is 96.0 cm³/mol. The SMILES string of the molecule is Cc1ccc(N(c2ccc(C)cc2)c2ccccc2C=O)cc1. The van der Waals surface area contributed by atoms with Crippen molar-refractivity contribution in [2.75, 3.05) is 4.90 Å². The van der Waals surface area contributed by atoms with E-state index in [1.807, 2.05) is 24.3 Å². The standard InChI is InChI=1S/C21H19NO/c1-16-7-11-19(12-8-16)22(20-13-9-17(2)10-14-20)21-6-4-3-5-18(21)15-23/h3-15H,1-2H3. The van der Waals surface area contributed by atoms with E-state index in [4.69, 9.17) is 0 Å². The van der Waals surface area contributed by atoms with E-state index in [9.17, 15) is 4.79 Å². The van der Waals surface area contributed by atoms with Crippen LogP contribution in [0.4, 0.5) is 17.1 Å². The molecule has 3 aromatic carbocycles. The van der Waals surface area contributed by atoms with Crippen LogP contribution in [0.15, 0.2) is 72.8 Å². The van der Waals surface area contributed by atoms with Crippen LogP contribution in [0.2, 0.25) is 0 Å². The molecule has 0 atom stereocenters. The molecule has 0 saturated carbocycles.